The second-order valence-corrected chi connectivity index (χ2v) is 3.17. The standard InChI is InChI=1S/C10H10FNO3/c11-10-3-1-2-8(6-10)9(4-5-13)7-12(14)15/h1-3,5-6,9H,4,7H2. The molecule has 1 atom stereocenters. The molecule has 0 bridgehead atoms. The van der Waals surface area contributed by atoms with Crippen molar-refractivity contribution in [2.75, 3.05) is 6.54 Å². The van der Waals surface area contributed by atoms with Crippen LogP contribution in [0.1, 0.15) is 17.9 Å². The summed E-state index contributed by atoms with van der Waals surface area (Å²) in [6.07, 6.45) is 0.642. The van der Waals surface area contributed by atoms with Gasteiger partial charge < -0.3 is 4.79 Å². The normalized spacial score (nSPS) is 12.1. The van der Waals surface area contributed by atoms with Crippen molar-refractivity contribution in [2.24, 2.45) is 0 Å². The smallest absolute Gasteiger partial charge is 0.211 e. The van der Waals surface area contributed by atoms with E-state index in [1.165, 1.54) is 18.2 Å². The molecule has 0 aliphatic rings. The SMILES string of the molecule is O=CCC(C[N+](=O)[O-])c1cccc(F)c1. The van der Waals surface area contributed by atoms with Gasteiger partial charge in [-0.05, 0) is 17.7 Å². The van der Waals surface area contributed by atoms with Crippen molar-refractivity contribution >= 4 is 6.29 Å². The summed E-state index contributed by atoms with van der Waals surface area (Å²) >= 11 is 0. The van der Waals surface area contributed by atoms with Gasteiger partial charge in [0.1, 0.15) is 12.1 Å². The van der Waals surface area contributed by atoms with Crippen LogP contribution in [0.3, 0.4) is 0 Å². The van der Waals surface area contributed by atoms with E-state index in [0.29, 0.717) is 11.8 Å². The third-order valence-corrected chi connectivity index (χ3v) is 2.07. The maximum absolute atomic E-state index is 12.8. The van der Waals surface area contributed by atoms with Gasteiger partial charge in [0, 0.05) is 11.3 Å². The maximum Gasteiger partial charge on any atom is 0.211 e. The van der Waals surface area contributed by atoms with E-state index in [-0.39, 0.29) is 13.0 Å². The van der Waals surface area contributed by atoms with Crippen LogP contribution < -0.4 is 0 Å². The number of nitrogens with zero attached hydrogens (tertiary/aromatic N) is 1. The van der Waals surface area contributed by atoms with Crippen LogP contribution in [0, 0.1) is 15.9 Å². The minimum absolute atomic E-state index is 0.0322. The maximum atomic E-state index is 12.8. The predicted octanol–water partition coefficient (Wildman–Crippen LogP) is 1.77. The van der Waals surface area contributed by atoms with E-state index in [9.17, 15) is 19.3 Å². The Morgan fingerprint density at radius 2 is 2.27 bits per heavy atom. The zero-order valence-corrected chi connectivity index (χ0v) is 7.93. The van der Waals surface area contributed by atoms with E-state index in [1.54, 1.807) is 6.07 Å². The van der Waals surface area contributed by atoms with Crippen molar-refractivity contribution in [3.63, 3.8) is 0 Å². The molecule has 5 heteroatoms. The zero-order chi connectivity index (χ0) is 11.3. The van der Waals surface area contributed by atoms with Crippen molar-refractivity contribution in [1.82, 2.24) is 0 Å². The first-order chi connectivity index (χ1) is 7.13. The average molecular weight is 211 g/mol. The quantitative estimate of drug-likeness (QED) is 0.423. The number of carbonyl (C=O) groups excluding carboxylic acids is 1. The second-order valence-electron chi connectivity index (χ2n) is 3.17. The largest absolute Gasteiger partial charge is 0.303 e. The lowest BCUT2D eigenvalue weighted by Crippen LogP contribution is -2.13. The molecule has 0 aromatic heterocycles. The fourth-order valence-electron chi connectivity index (χ4n) is 1.37. The highest BCUT2D eigenvalue weighted by atomic mass is 19.1. The summed E-state index contributed by atoms with van der Waals surface area (Å²) < 4.78 is 12.8. The molecule has 80 valence electrons. The van der Waals surface area contributed by atoms with Gasteiger partial charge in [0.15, 0.2) is 0 Å². The van der Waals surface area contributed by atoms with Crippen LogP contribution >= 0.6 is 0 Å². The van der Waals surface area contributed by atoms with Gasteiger partial charge in [-0.3, -0.25) is 10.1 Å². The summed E-state index contributed by atoms with van der Waals surface area (Å²) in [5.74, 6) is -1.00. The molecule has 0 amide bonds. The topological polar surface area (TPSA) is 60.2 Å². The minimum Gasteiger partial charge on any atom is -0.303 e. The van der Waals surface area contributed by atoms with Gasteiger partial charge in [-0.25, -0.2) is 4.39 Å². The van der Waals surface area contributed by atoms with E-state index < -0.39 is 16.7 Å². The van der Waals surface area contributed by atoms with Crippen LogP contribution in [0.5, 0.6) is 0 Å². The Labute approximate surface area is 85.9 Å². The summed E-state index contributed by atoms with van der Waals surface area (Å²) in [6, 6.07) is 5.54. The van der Waals surface area contributed by atoms with Gasteiger partial charge in [0.25, 0.3) is 0 Å². The Bertz CT molecular complexity index is 367. The third-order valence-electron chi connectivity index (χ3n) is 2.07. The second kappa shape index (κ2) is 5.19. The Hall–Kier alpha value is -1.78. The number of hydrogen-bond donors (Lipinski definition) is 0. The van der Waals surface area contributed by atoms with Gasteiger partial charge >= 0.3 is 0 Å². The van der Waals surface area contributed by atoms with Crippen molar-refractivity contribution < 1.29 is 14.1 Å². The first kappa shape index (κ1) is 11.3. The molecule has 4 nitrogen and oxygen atoms in total. The average Bonchev–Trinajstić information content (AvgIpc) is 2.16. The fourth-order valence-corrected chi connectivity index (χ4v) is 1.37. The lowest BCUT2D eigenvalue weighted by molar-refractivity contribution is -0.483. The monoisotopic (exact) mass is 211 g/mol. The number of nitro groups is 1. The number of rotatable bonds is 5. The van der Waals surface area contributed by atoms with Gasteiger partial charge in [-0.1, -0.05) is 12.1 Å². The lowest BCUT2D eigenvalue weighted by Gasteiger charge is -2.09. The van der Waals surface area contributed by atoms with E-state index in [2.05, 4.69) is 0 Å². The minimum atomic E-state index is -0.548. The van der Waals surface area contributed by atoms with Crippen molar-refractivity contribution in [3.8, 4) is 0 Å². The van der Waals surface area contributed by atoms with Gasteiger partial charge in [-0.2, -0.15) is 0 Å². The van der Waals surface area contributed by atoms with Gasteiger partial charge in [0.05, 0.1) is 5.92 Å². The molecule has 1 aromatic rings. The molecule has 1 aromatic carbocycles. The molecule has 0 radical (unpaired) electrons. The molecule has 0 heterocycles. The van der Waals surface area contributed by atoms with Crippen LogP contribution in [-0.2, 0) is 4.79 Å². The summed E-state index contributed by atoms with van der Waals surface area (Å²) in [7, 11) is 0. The molecular weight excluding hydrogens is 201 g/mol. The summed E-state index contributed by atoms with van der Waals surface area (Å²) in [5.41, 5.74) is 0.485. The molecule has 0 N–H and O–H groups in total. The molecule has 0 spiro atoms. The number of hydrogen-bond acceptors (Lipinski definition) is 3. The van der Waals surface area contributed by atoms with E-state index in [1.807, 2.05) is 0 Å². The Balaban J connectivity index is 2.87. The van der Waals surface area contributed by atoms with Crippen LogP contribution in [0.2, 0.25) is 0 Å². The molecule has 0 saturated heterocycles. The molecule has 1 rings (SSSR count). The number of carbonyl (C=O) groups is 1. The summed E-state index contributed by atoms with van der Waals surface area (Å²) in [4.78, 5) is 20.2. The Kier molecular flexibility index (Phi) is 3.91. The predicted molar refractivity (Wildman–Crippen MR) is 51.7 cm³/mol. The third kappa shape index (κ3) is 3.46. The van der Waals surface area contributed by atoms with Gasteiger partial charge in [-0.15, -0.1) is 0 Å². The molecule has 1 unspecified atom stereocenters. The first-order valence-electron chi connectivity index (χ1n) is 4.44. The van der Waals surface area contributed by atoms with Gasteiger partial charge in [0.2, 0.25) is 6.54 Å². The molecule has 0 fully saturated rings. The van der Waals surface area contributed by atoms with Crippen molar-refractivity contribution in [1.29, 1.82) is 0 Å². The molecule has 0 aliphatic carbocycles. The lowest BCUT2D eigenvalue weighted by atomic mass is 9.96. The summed E-state index contributed by atoms with van der Waals surface area (Å²) in [6.45, 7) is -0.359. The zero-order valence-electron chi connectivity index (χ0n) is 7.93. The number of aldehydes is 1. The van der Waals surface area contributed by atoms with Crippen LogP contribution in [0.4, 0.5) is 4.39 Å². The Morgan fingerprint density at radius 3 is 2.80 bits per heavy atom. The molecule has 0 aliphatic heterocycles. The van der Waals surface area contributed by atoms with E-state index in [0.717, 1.165) is 0 Å². The van der Waals surface area contributed by atoms with Crippen LogP contribution in [0.25, 0.3) is 0 Å². The van der Waals surface area contributed by atoms with Crippen molar-refractivity contribution in [2.45, 2.75) is 12.3 Å². The van der Waals surface area contributed by atoms with Crippen molar-refractivity contribution in [3.05, 3.63) is 45.8 Å². The molecular formula is C10H10FNO3. The van der Waals surface area contributed by atoms with E-state index in [4.69, 9.17) is 0 Å². The number of halogens is 1. The first-order valence-corrected chi connectivity index (χ1v) is 4.44. The highest BCUT2D eigenvalue weighted by molar-refractivity contribution is 5.51. The Morgan fingerprint density at radius 1 is 1.53 bits per heavy atom. The summed E-state index contributed by atoms with van der Waals surface area (Å²) in [5, 5.41) is 10.3. The highest BCUT2D eigenvalue weighted by Crippen LogP contribution is 2.19. The number of benzene rings is 1. The van der Waals surface area contributed by atoms with E-state index >= 15 is 0 Å². The van der Waals surface area contributed by atoms with Crippen LogP contribution in [-0.4, -0.2) is 17.8 Å². The van der Waals surface area contributed by atoms with Crippen LogP contribution in [0.15, 0.2) is 24.3 Å². The molecule has 0 saturated carbocycles. The fraction of sp³-hybridized carbons (Fsp3) is 0.300. The molecule has 15 heavy (non-hydrogen) atoms. The highest BCUT2D eigenvalue weighted by Gasteiger charge is 2.17.